The lowest BCUT2D eigenvalue weighted by Gasteiger charge is -2.14. The van der Waals surface area contributed by atoms with E-state index in [0.717, 1.165) is 77.3 Å². The van der Waals surface area contributed by atoms with Crippen molar-refractivity contribution in [3.8, 4) is 11.5 Å². The number of fused-ring (bicyclic) bond motifs is 11. The summed E-state index contributed by atoms with van der Waals surface area (Å²) in [6, 6.07) is 44.5. The van der Waals surface area contributed by atoms with Crippen LogP contribution >= 0.6 is 0 Å². The molecule has 0 saturated heterocycles. The summed E-state index contributed by atoms with van der Waals surface area (Å²) >= 11 is 0. The molecular weight excluding hydrogens is 528 g/mol. The Morgan fingerprint density at radius 1 is 0.512 bits per heavy atom. The Hall–Kier alpha value is -5.94. The van der Waals surface area contributed by atoms with E-state index >= 15 is 0 Å². The minimum Gasteiger partial charge on any atom is -0.455 e. The molecule has 10 aromatic rings. The van der Waals surface area contributed by atoms with E-state index in [-0.39, 0.29) is 0 Å². The number of hydrogen-bond acceptors (Lipinski definition) is 3. The molecule has 0 N–H and O–H groups in total. The first-order chi connectivity index (χ1) is 21.3. The lowest BCUT2D eigenvalue weighted by atomic mass is 10.1. The quantitative estimate of drug-likeness (QED) is 0.215. The van der Waals surface area contributed by atoms with Crippen LogP contribution in [0.2, 0.25) is 0 Å². The van der Waals surface area contributed by atoms with Gasteiger partial charge in [0.1, 0.15) is 11.2 Å². The van der Waals surface area contributed by atoms with E-state index in [4.69, 9.17) is 14.4 Å². The van der Waals surface area contributed by atoms with Crippen LogP contribution in [0.1, 0.15) is 0 Å². The van der Waals surface area contributed by atoms with E-state index in [1.54, 1.807) is 0 Å². The predicted molar refractivity (Wildman–Crippen MR) is 175 cm³/mol. The van der Waals surface area contributed by atoms with Crippen LogP contribution in [-0.4, -0.2) is 19.1 Å². The number of hydrogen-bond donors (Lipinski definition) is 0. The van der Waals surface area contributed by atoms with Gasteiger partial charge in [0, 0.05) is 26.9 Å². The smallest absolute Gasteiger partial charge is 0.156 e. The molecule has 0 atom stereocenters. The molecule has 0 radical (unpaired) electrons. The molecule has 200 valence electrons. The fraction of sp³-hybridized carbons (Fsp3) is 0. The maximum atomic E-state index is 6.68. The molecule has 0 aliphatic rings. The van der Waals surface area contributed by atoms with E-state index < -0.39 is 0 Å². The zero-order valence-corrected chi connectivity index (χ0v) is 22.9. The molecular formula is C38H22N4O. The SMILES string of the molecule is c1ccc2nc(-n3c4ccccc4c4c5oc6ccccc6c5cc(-n5c6ccccc6c6ccccc65)c43)cnc2c1. The Bertz CT molecular complexity index is 2690. The maximum absolute atomic E-state index is 6.68. The summed E-state index contributed by atoms with van der Waals surface area (Å²) in [5.74, 6) is 0.766. The number of furan rings is 1. The molecule has 4 aromatic heterocycles. The van der Waals surface area contributed by atoms with Crippen molar-refractivity contribution in [2.45, 2.75) is 0 Å². The standard InChI is InChI=1S/C38H22N4O/c1-7-17-30-23(11-1)24-12-2-8-18-31(24)41(30)33-21-27-25-13-4-10-20-34(25)43-38(27)36-26-14-3-9-19-32(26)42(37(33)36)35-22-39-28-15-5-6-16-29(28)40-35/h1-22H. The highest BCUT2D eigenvalue weighted by molar-refractivity contribution is 6.26. The number of aromatic nitrogens is 4. The van der Waals surface area contributed by atoms with Crippen LogP contribution in [0.3, 0.4) is 0 Å². The van der Waals surface area contributed by atoms with Gasteiger partial charge in [-0.1, -0.05) is 84.9 Å². The molecule has 6 aromatic carbocycles. The summed E-state index contributed by atoms with van der Waals surface area (Å²) in [5.41, 5.74) is 8.93. The number of nitrogens with zero attached hydrogens (tertiary/aromatic N) is 4. The zero-order valence-electron chi connectivity index (χ0n) is 22.9. The van der Waals surface area contributed by atoms with Crippen LogP contribution in [-0.2, 0) is 0 Å². The summed E-state index contributed by atoms with van der Waals surface area (Å²) in [5, 5.41) is 6.81. The first-order valence-electron chi connectivity index (χ1n) is 14.4. The Morgan fingerprint density at radius 2 is 1.09 bits per heavy atom. The fourth-order valence-corrected chi connectivity index (χ4v) is 6.96. The van der Waals surface area contributed by atoms with E-state index in [1.807, 2.05) is 36.5 Å². The van der Waals surface area contributed by atoms with E-state index in [9.17, 15) is 0 Å². The van der Waals surface area contributed by atoms with Crippen LogP contribution < -0.4 is 0 Å². The summed E-state index contributed by atoms with van der Waals surface area (Å²) < 4.78 is 11.3. The Balaban J connectivity index is 1.49. The minimum absolute atomic E-state index is 0.766. The van der Waals surface area contributed by atoms with Crippen molar-refractivity contribution in [1.82, 2.24) is 19.1 Å². The Morgan fingerprint density at radius 3 is 1.84 bits per heavy atom. The molecule has 0 unspecified atom stereocenters. The second kappa shape index (κ2) is 8.30. The lowest BCUT2D eigenvalue weighted by molar-refractivity contribution is 0.673. The topological polar surface area (TPSA) is 48.8 Å². The predicted octanol–water partition coefficient (Wildman–Crippen LogP) is 9.72. The number of rotatable bonds is 2. The van der Waals surface area contributed by atoms with Gasteiger partial charge in [0.05, 0.1) is 50.4 Å². The molecule has 0 saturated carbocycles. The normalized spacial score (nSPS) is 12.2. The maximum Gasteiger partial charge on any atom is 0.156 e. The van der Waals surface area contributed by atoms with Gasteiger partial charge >= 0.3 is 0 Å². The summed E-state index contributed by atoms with van der Waals surface area (Å²) in [6.45, 7) is 0. The molecule has 0 aliphatic heterocycles. The molecule has 4 heterocycles. The van der Waals surface area contributed by atoms with Crippen molar-refractivity contribution in [3.05, 3.63) is 134 Å². The highest BCUT2D eigenvalue weighted by Gasteiger charge is 2.25. The van der Waals surface area contributed by atoms with E-state index in [0.29, 0.717) is 0 Å². The third kappa shape index (κ3) is 3.00. The Kier molecular flexibility index (Phi) is 4.39. The average Bonchev–Trinajstić information content (AvgIpc) is 3.72. The highest BCUT2D eigenvalue weighted by atomic mass is 16.3. The van der Waals surface area contributed by atoms with Crippen LogP contribution in [0.25, 0.3) is 88.1 Å². The van der Waals surface area contributed by atoms with Crippen molar-refractivity contribution in [2.24, 2.45) is 0 Å². The molecule has 0 aliphatic carbocycles. The van der Waals surface area contributed by atoms with Crippen molar-refractivity contribution >= 4 is 76.6 Å². The largest absolute Gasteiger partial charge is 0.455 e. The molecule has 5 nitrogen and oxygen atoms in total. The van der Waals surface area contributed by atoms with Gasteiger partial charge in [0.25, 0.3) is 0 Å². The van der Waals surface area contributed by atoms with Gasteiger partial charge in [-0.05, 0) is 42.5 Å². The monoisotopic (exact) mass is 550 g/mol. The number of benzene rings is 6. The average molecular weight is 551 g/mol. The van der Waals surface area contributed by atoms with Gasteiger partial charge in [-0.25, -0.2) is 4.98 Å². The van der Waals surface area contributed by atoms with Crippen LogP contribution in [0.4, 0.5) is 0 Å². The van der Waals surface area contributed by atoms with E-state index in [1.165, 1.54) is 10.8 Å². The van der Waals surface area contributed by atoms with Crippen LogP contribution in [0.15, 0.2) is 138 Å². The van der Waals surface area contributed by atoms with Crippen molar-refractivity contribution in [3.63, 3.8) is 0 Å². The third-order valence-electron chi connectivity index (χ3n) is 8.75. The molecule has 43 heavy (non-hydrogen) atoms. The summed E-state index contributed by atoms with van der Waals surface area (Å²) in [4.78, 5) is 9.98. The number of para-hydroxylation sites is 6. The fourth-order valence-electron chi connectivity index (χ4n) is 6.96. The second-order valence-corrected chi connectivity index (χ2v) is 11.0. The van der Waals surface area contributed by atoms with Gasteiger partial charge in [-0.2, -0.15) is 0 Å². The zero-order chi connectivity index (χ0) is 28.1. The highest BCUT2D eigenvalue weighted by Crippen LogP contribution is 2.45. The molecule has 0 bridgehead atoms. The van der Waals surface area contributed by atoms with Gasteiger partial charge in [0.15, 0.2) is 5.82 Å². The first kappa shape index (κ1) is 22.7. The van der Waals surface area contributed by atoms with E-state index in [2.05, 4.69) is 106 Å². The second-order valence-electron chi connectivity index (χ2n) is 11.0. The molecule has 10 rings (SSSR count). The van der Waals surface area contributed by atoms with Crippen molar-refractivity contribution in [1.29, 1.82) is 0 Å². The molecule has 5 heteroatoms. The molecule has 0 fully saturated rings. The lowest BCUT2D eigenvalue weighted by Crippen LogP contribution is -2.03. The van der Waals surface area contributed by atoms with Crippen LogP contribution in [0.5, 0.6) is 0 Å². The van der Waals surface area contributed by atoms with Crippen molar-refractivity contribution < 1.29 is 4.42 Å². The minimum atomic E-state index is 0.766. The third-order valence-corrected chi connectivity index (χ3v) is 8.75. The molecule has 0 spiro atoms. The van der Waals surface area contributed by atoms with Crippen molar-refractivity contribution in [2.75, 3.05) is 0 Å². The summed E-state index contributed by atoms with van der Waals surface area (Å²) in [7, 11) is 0. The van der Waals surface area contributed by atoms with Gasteiger partial charge in [-0.3, -0.25) is 9.55 Å². The van der Waals surface area contributed by atoms with Gasteiger partial charge in [-0.15, -0.1) is 0 Å². The van der Waals surface area contributed by atoms with Gasteiger partial charge < -0.3 is 8.98 Å². The van der Waals surface area contributed by atoms with Crippen LogP contribution in [0, 0.1) is 0 Å². The first-order valence-corrected chi connectivity index (χ1v) is 14.4. The van der Waals surface area contributed by atoms with Gasteiger partial charge in [0.2, 0.25) is 0 Å². The Labute approximate surface area is 244 Å². The molecule has 0 amide bonds. The summed E-state index contributed by atoms with van der Waals surface area (Å²) in [6.07, 6.45) is 1.88.